The van der Waals surface area contributed by atoms with Crippen molar-refractivity contribution in [3.05, 3.63) is 33.4 Å². The van der Waals surface area contributed by atoms with E-state index in [1.54, 1.807) is 35.9 Å². The molecule has 0 saturated heterocycles. The highest BCUT2D eigenvalue weighted by Gasteiger charge is 2.13. The van der Waals surface area contributed by atoms with E-state index in [9.17, 15) is 9.59 Å². The molecule has 0 unspecified atom stereocenters. The Morgan fingerprint density at radius 2 is 0.971 bits per heavy atom. The number of anilines is 2. The molecule has 34 heavy (non-hydrogen) atoms. The molecule has 4 aromatic heterocycles. The van der Waals surface area contributed by atoms with E-state index < -0.39 is 20.5 Å². The van der Waals surface area contributed by atoms with E-state index >= 15 is 0 Å². The van der Waals surface area contributed by atoms with Crippen molar-refractivity contribution in [3.8, 4) is 0 Å². The summed E-state index contributed by atoms with van der Waals surface area (Å²) < 4.78 is 71.3. The van der Waals surface area contributed by atoms with E-state index in [4.69, 9.17) is 48.7 Å². The molecule has 0 atom stereocenters. The standard InChI is InChI=1S/2C6H7N5O.2ClHO4/c2*1-11-2-8-4-3(11)5(12)10-6(7)9-4;2*2-1(3,4)5/h2*2H,1H3,(H3,7,9,10,12);2*(H,2,3,4,5). The normalized spacial score (nSPS) is 11.1. The van der Waals surface area contributed by atoms with Crippen LogP contribution in [0.1, 0.15) is 0 Å². The third-order valence-corrected chi connectivity index (χ3v) is 3.32. The quantitative estimate of drug-likeness (QED) is 0.115. The van der Waals surface area contributed by atoms with Crippen LogP contribution in [0.25, 0.3) is 22.3 Å². The van der Waals surface area contributed by atoms with Gasteiger partial charge in [0.05, 0.1) is 14.1 Å². The second-order valence-corrected chi connectivity index (χ2v) is 7.33. The first-order valence-electron chi connectivity index (χ1n) is 8.05. The lowest BCUT2D eigenvalue weighted by atomic mass is 10.5. The summed E-state index contributed by atoms with van der Waals surface area (Å²) in [6, 6.07) is 0. The number of aryl methyl sites for hydroxylation is 2. The lowest BCUT2D eigenvalue weighted by Crippen LogP contribution is -2.68. The van der Waals surface area contributed by atoms with Gasteiger partial charge in [-0.05, 0) is 0 Å². The van der Waals surface area contributed by atoms with E-state index in [1.807, 2.05) is 0 Å². The smallest absolute Gasteiger partial charge is 0.304 e. The molecule has 0 saturated carbocycles. The van der Waals surface area contributed by atoms with Crippen LogP contribution in [0.3, 0.4) is 0 Å². The highest BCUT2D eigenvalue weighted by atomic mass is 35.7. The minimum atomic E-state index is -4.94. The predicted octanol–water partition coefficient (Wildman–Crippen LogP) is -12.2. The van der Waals surface area contributed by atoms with E-state index in [-0.39, 0.29) is 23.0 Å². The number of hydrogen-bond acceptors (Lipinski definition) is 14. The van der Waals surface area contributed by atoms with Crippen molar-refractivity contribution in [2.24, 2.45) is 14.1 Å². The first kappa shape index (κ1) is 28.6. The van der Waals surface area contributed by atoms with Gasteiger partial charge in [0, 0.05) is 0 Å². The Morgan fingerprint density at radius 1 is 0.706 bits per heavy atom. The maximum Gasteiger partial charge on any atom is 0.304 e. The SMILES string of the molecule is C[n+]1c[nH]c2nc(N)[nH]c(=O)c21.C[n+]1c[nH]c2nc(N)[nH]c(=O)c21.[O-][Cl+3]([O-])([O-])[O-].[O-][Cl+3]([O-])([O-])[O-]. The predicted molar refractivity (Wildman–Crippen MR) is 84.6 cm³/mol. The van der Waals surface area contributed by atoms with Crippen molar-refractivity contribution in [2.45, 2.75) is 0 Å². The lowest BCUT2D eigenvalue weighted by molar-refractivity contribution is -2.00. The van der Waals surface area contributed by atoms with Gasteiger partial charge in [-0.2, -0.15) is 9.97 Å². The van der Waals surface area contributed by atoms with Crippen LogP contribution in [0.4, 0.5) is 11.9 Å². The molecule has 0 aliphatic heterocycles. The number of aromatic amines is 4. The number of aromatic nitrogens is 8. The number of imidazole rings is 2. The maximum absolute atomic E-state index is 11.3. The zero-order valence-electron chi connectivity index (χ0n) is 16.9. The third-order valence-electron chi connectivity index (χ3n) is 3.32. The van der Waals surface area contributed by atoms with Crippen molar-refractivity contribution in [1.82, 2.24) is 29.9 Å². The van der Waals surface area contributed by atoms with Crippen LogP contribution in [-0.4, -0.2) is 29.9 Å². The minimum Gasteiger partial charge on any atom is -0.369 e. The highest BCUT2D eigenvalue weighted by Crippen LogP contribution is 1.97. The average molecular weight is 531 g/mol. The van der Waals surface area contributed by atoms with Gasteiger partial charge in [0.1, 0.15) is 0 Å². The fraction of sp³-hybridized carbons (Fsp3) is 0.167. The zero-order valence-corrected chi connectivity index (χ0v) is 18.4. The van der Waals surface area contributed by atoms with E-state index in [2.05, 4.69) is 29.9 Å². The van der Waals surface area contributed by atoms with Gasteiger partial charge in [0.25, 0.3) is 22.3 Å². The van der Waals surface area contributed by atoms with Gasteiger partial charge in [0.2, 0.25) is 24.6 Å². The summed E-state index contributed by atoms with van der Waals surface area (Å²) in [5, 5.41) is 0. The second kappa shape index (κ2) is 11.1. The summed E-state index contributed by atoms with van der Waals surface area (Å²) >= 11 is 0. The number of nitrogens with zero attached hydrogens (tertiary/aromatic N) is 4. The van der Waals surface area contributed by atoms with Gasteiger partial charge in [-0.3, -0.25) is 19.6 Å². The van der Waals surface area contributed by atoms with Gasteiger partial charge in [-0.25, -0.2) is 56.4 Å². The number of hydrogen-bond donors (Lipinski definition) is 6. The Kier molecular flexibility index (Phi) is 9.35. The van der Waals surface area contributed by atoms with Crippen molar-refractivity contribution in [1.29, 1.82) is 0 Å². The molecule has 188 valence electrons. The van der Waals surface area contributed by atoms with Crippen LogP contribution in [0.15, 0.2) is 22.2 Å². The molecule has 0 aliphatic carbocycles. The summed E-state index contributed by atoms with van der Waals surface area (Å²) in [5.74, 6) is 0.241. The molecule has 0 aromatic carbocycles. The van der Waals surface area contributed by atoms with E-state index in [0.717, 1.165) is 0 Å². The summed E-state index contributed by atoms with van der Waals surface area (Å²) in [6.07, 6.45) is 3.29. The maximum atomic E-state index is 11.3. The molecule has 0 radical (unpaired) electrons. The molecule has 4 aromatic rings. The monoisotopic (exact) mass is 530 g/mol. The second-order valence-electron chi connectivity index (χ2n) is 5.82. The van der Waals surface area contributed by atoms with Gasteiger partial charge in [-0.1, -0.05) is 0 Å². The van der Waals surface area contributed by atoms with Crippen LogP contribution < -0.4 is 69.0 Å². The molecule has 20 nitrogen and oxygen atoms in total. The number of fused-ring (bicyclic) bond motifs is 2. The van der Waals surface area contributed by atoms with Gasteiger partial charge >= 0.3 is 11.1 Å². The van der Waals surface area contributed by atoms with E-state index in [1.165, 1.54) is 0 Å². The topological polar surface area (TPSA) is 367 Å². The molecule has 0 fully saturated rings. The highest BCUT2D eigenvalue weighted by molar-refractivity contribution is 5.66. The number of H-pyrrole nitrogens is 4. The van der Waals surface area contributed by atoms with Crippen LogP contribution >= 0.6 is 0 Å². The number of nitrogens with two attached hydrogens (primary N) is 2. The molecule has 0 aliphatic rings. The van der Waals surface area contributed by atoms with Crippen LogP contribution in [-0.2, 0) is 14.1 Å². The van der Waals surface area contributed by atoms with Crippen molar-refractivity contribution >= 4 is 34.2 Å². The number of rotatable bonds is 0. The zero-order chi connectivity index (χ0) is 26.4. The van der Waals surface area contributed by atoms with Crippen molar-refractivity contribution < 1.29 is 66.9 Å². The molecule has 8 N–H and O–H groups in total. The van der Waals surface area contributed by atoms with Crippen molar-refractivity contribution in [3.63, 3.8) is 0 Å². The number of nitrogens with one attached hydrogen (secondary N) is 4. The number of halogens is 2. The summed E-state index contributed by atoms with van der Waals surface area (Å²) in [6.45, 7) is 0. The average Bonchev–Trinajstić information content (AvgIpc) is 3.15. The Balaban J connectivity index is 0.000000248. The molecular weight excluding hydrogens is 515 g/mol. The molecule has 0 spiro atoms. The lowest BCUT2D eigenvalue weighted by Gasteiger charge is -2.17. The Hall–Kier alpha value is -3.44. The van der Waals surface area contributed by atoms with Gasteiger partial charge in [-0.15, -0.1) is 20.5 Å². The first-order chi connectivity index (χ1) is 15.4. The third kappa shape index (κ3) is 10.0. The van der Waals surface area contributed by atoms with E-state index in [0.29, 0.717) is 22.3 Å². The van der Waals surface area contributed by atoms with Crippen LogP contribution in [0.5, 0.6) is 0 Å². The Bertz CT molecular complexity index is 1240. The fourth-order valence-electron chi connectivity index (χ4n) is 2.27. The van der Waals surface area contributed by atoms with Gasteiger partial charge in [0.15, 0.2) is 0 Å². The Labute approximate surface area is 190 Å². The molecule has 4 rings (SSSR count). The molecule has 0 bridgehead atoms. The molecule has 22 heteroatoms. The summed E-state index contributed by atoms with van der Waals surface area (Å²) in [7, 11) is -6.38. The first-order valence-corrected chi connectivity index (χ1v) is 10.5. The minimum absolute atomic E-state index is 0.120. The molecule has 4 heterocycles. The Morgan fingerprint density at radius 3 is 1.24 bits per heavy atom. The fourth-order valence-corrected chi connectivity index (χ4v) is 2.27. The molecular formula is C12H16Cl2N10O10. The number of nitrogen functional groups attached to an aromatic ring is 2. The van der Waals surface area contributed by atoms with Crippen LogP contribution in [0.2, 0.25) is 0 Å². The summed E-state index contributed by atoms with van der Waals surface area (Å²) in [5.41, 5.74) is 12.2. The largest absolute Gasteiger partial charge is 0.369 e. The molecule has 0 amide bonds. The van der Waals surface area contributed by atoms with Gasteiger partial charge < -0.3 is 11.5 Å². The summed E-state index contributed by atoms with van der Waals surface area (Å²) in [4.78, 5) is 40.8. The van der Waals surface area contributed by atoms with Crippen LogP contribution in [0, 0.1) is 20.5 Å². The van der Waals surface area contributed by atoms with Crippen molar-refractivity contribution in [2.75, 3.05) is 11.5 Å².